The molecule has 272 valence electrons. The molecule has 0 aliphatic carbocycles. The number of methoxy groups -OCH3 is 2. The third kappa shape index (κ3) is 15.7. The van der Waals surface area contributed by atoms with Gasteiger partial charge in [-0.25, -0.2) is 19.2 Å². The van der Waals surface area contributed by atoms with Crippen LogP contribution in [0.4, 0.5) is 9.59 Å². The monoisotopic (exact) mass is 688 g/mol. The van der Waals surface area contributed by atoms with E-state index < -0.39 is 47.4 Å². The van der Waals surface area contributed by atoms with Gasteiger partial charge in [0.05, 0.1) is 13.2 Å². The van der Waals surface area contributed by atoms with E-state index in [9.17, 15) is 19.2 Å². The summed E-state index contributed by atoms with van der Waals surface area (Å²) < 4.78 is 38.0. The summed E-state index contributed by atoms with van der Waals surface area (Å²) in [4.78, 5) is 55.0. The van der Waals surface area contributed by atoms with E-state index >= 15 is 0 Å². The summed E-state index contributed by atoms with van der Waals surface area (Å²) in [6.07, 6.45) is -1.09. The molecule has 13 heteroatoms. The maximum atomic E-state index is 13.3. The number of esters is 2. The summed E-state index contributed by atoms with van der Waals surface area (Å²) in [6.45, 7) is 9.76. The van der Waals surface area contributed by atoms with E-state index in [0.29, 0.717) is 0 Å². The number of hydrogen-bond donors (Lipinski definition) is 0. The predicted molar refractivity (Wildman–Crippen MR) is 181 cm³/mol. The van der Waals surface area contributed by atoms with Gasteiger partial charge in [0.15, 0.2) is 0 Å². The van der Waals surface area contributed by atoms with Gasteiger partial charge in [0, 0.05) is 27.1 Å². The molecule has 0 unspecified atom stereocenters. The normalized spacial score (nSPS) is 12.7. The standard InChI is InChI=1S/C36H52N2O11/c1-35(2,3)48-33(41)37(25-43-7)29(23-27-15-11-9-12-16-27)31(39)46-21-19-45-20-22-47-32(40)30(24-28-17-13-10-14-18-28)38(26-44-8)34(42)49-36(4,5)6/h9-18,29-30H,19-26H2,1-8H3/t29-,30-/m0/s1. The zero-order chi connectivity index (χ0) is 36.5. The molecule has 0 fully saturated rings. The third-order valence-electron chi connectivity index (χ3n) is 6.58. The van der Waals surface area contributed by atoms with Crippen LogP contribution >= 0.6 is 0 Å². The van der Waals surface area contributed by atoms with Gasteiger partial charge < -0.3 is 33.2 Å². The lowest BCUT2D eigenvalue weighted by molar-refractivity contribution is -0.155. The van der Waals surface area contributed by atoms with Crippen LogP contribution in [0.25, 0.3) is 0 Å². The van der Waals surface area contributed by atoms with Gasteiger partial charge in [0.25, 0.3) is 0 Å². The minimum absolute atomic E-state index is 0.000779. The zero-order valence-corrected chi connectivity index (χ0v) is 30.0. The first-order chi connectivity index (χ1) is 23.1. The molecule has 13 nitrogen and oxygen atoms in total. The molecule has 0 heterocycles. The highest BCUT2D eigenvalue weighted by Gasteiger charge is 2.36. The molecular formula is C36H52N2O11. The van der Waals surface area contributed by atoms with Crippen LogP contribution < -0.4 is 0 Å². The quantitative estimate of drug-likeness (QED) is 0.0906. The second kappa shape index (κ2) is 20.3. The molecule has 0 radical (unpaired) electrons. The second-order valence-corrected chi connectivity index (χ2v) is 13.1. The van der Waals surface area contributed by atoms with Crippen molar-refractivity contribution < 1.29 is 52.3 Å². The van der Waals surface area contributed by atoms with E-state index in [-0.39, 0.29) is 52.7 Å². The molecular weight excluding hydrogens is 636 g/mol. The Morgan fingerprint density at radius 1 is 0.571 bits per heavy atom. The average molecular weight is 689 g/mol. The molecule has 0 aliphatic rings. The van der Waals surface area contributed by atoms with E-state index in [1.807, 2.05) is 60.7 Å². The Bertz CT molecular complexity index is 1190. The third-order valence-corrected chi connectivity index (χ3v) is 6.58. The molecule has 49 heavy (non-hydrogen) atoms. The molecule has 0 bridgehead atoms. The first-order valence-corrected chi connectivity index (χ1v) is 16.1. The van der Waals surface area contributed by atoms with E-state index in [0.717, 1.165) is 11.1 Å². The lowest BCUT2D eigenvalue weighted by atomic mass is 10.1. The number of nitrogens with zero attached hydrogens (tertiary/aromatic N) is 2. The lowest BCUT2D eigenvalue weighted by Crippen LogP contribution is -2.50. The van der Waals surface area contributed by atoms with E-state index in [1.165, 1.54) is 24.0 Å². The number of carbonyl (C=O) groups is 4. The molecule has 2 atom stereocenters. The number of ether oxygens (including phenoxy) is 7. The van der Waals surface area contributed by atoms with Crippen LogP contribution in [-0.2, 0) is 55.6 Å². The van der Waals surface area contributed by atoms with Crippen molar-refractivity contribution in [2.75, 3.05) is 54.1 Å². The van der Waals surface area contributed by atoms with Gasteiger partial charge in [-0.1, -0.05) is 60.7 Å². The van der Waals surface area contributed by atoms with Crippen LogP contribution in [0.3, 0.4) is 0 Å². The van der Waals surface area contributed by atoms with Crippen molar-refractivity contribution in [3.63, 3.8) is 0 Å². The summed E-state index contributed by atoms with van der Waals surface area (Å²) >= 11 is 0. The highest BCUT2D eigenvalue weighted by molar-refractivity contribution is 5.82. The Labute approximate surface area is 289 Å². The van der Waals surface area contributed by atoms with E-state index in [2.05, 4.69) is 0 Å². The van der Waals surface area contributed by atoms with Crippen molar-refractivity contribution in [1.29, 1.82) is 0 Å². The SMILES string of the molecule is COCN(C(=O)OC(C)(C)C)[C@@H](Cc1ccccc1)C(=O)OCCOCCOC(=O)[C@H](Cc1ccccc1)N(COC)C(=O)OC(C)(C)C. The summed E-state index contributed by atoms with van der Waals surface area (Å²) in [7, 11) is 2.83. The number of rotatable bonds is 18. The zero-order valence-electron chi connectivity index (χ0n) is 30.0. The van der Waals surface area contributed by atoms with E-state index in [1.54, 1.807) is 41.5 Å². The van der Waals surface area contributed by atoms with Gasteiger partial charge in [0.2, 0.25) is 0 Å². The molecule has 2 aromatic rings. The first kappa shape index (κ1) is 41.0. The lowest BCUT2D eigenvalue weighted by Gasteiger charge is -2.32. The van der Waals surface area contributed by atoms with Crippen molar-refractivity contribution in [3.05, 3.63) is 71.8 Å². The maximum absolute atomic E-state index is 13.3. The van der Waals surface area contributed by atoms with Gasteiger partial charge in [-0.2, -0.15) is 0 Å². The minimum Gasteiger partial charge on any atom is -0.462 e. The van der Waals surface area contributed by atoms with Crippen LogP contribution in [0.2, 0.25) is 0 Å². The van der Waals surface area contributed by atoms with Crippen molar-refractivity contribution in [3.8, 4) is 0 Å². The van der Waals surface area contributed by atoms with Gasteiger partial charge in [-0.05, 0) is 52.7 Å². The highest BCUT2D eigenvalue weighted by atomic mass is 16.6. The minimum atomic E-state index is -1.03. The molecule has 2 rings (SSSR count). The Balaban J connectivity index is 1.99. The van der Waals surface area contributed by atoms with Crippen molar-refractivity contribution in [1.82, 2.24) is 9.80 Å². The van der Waals surface area contributed by atoms with Crippen LogP contribution in [0.15, 0.2) is 60.7 Å². The fraction of sp³-hybridized carbons (Fsp3) is 0.556. The van der Waals surface area contributed by atoms with Gasteiger partial charge in [-0.3, -0.25) is 9.80 Å². The van der Waals surface area contributed by atoms with Gasteiger partial charge in [-0.15, -0.1) is 0 Å². The summed E-state index contributed by atoms with van der Waals surface area (Å²) in [5.74, 6) is -1.32. The van der Waals surface area contributed by atoms with Crippen LogP contribution in [0.1, 0.15) is 52.7 Å². The molecule has 2 aromatic carbocycles. The maximum Gasteiger partial charge on any atom is 0.412 e. The van der Waals surface area contributed by atoms with Crippen molar-refractivity contribution in [2.24, 2.45) is 0 Å². The van der Waals surface area contributed by atoms with Crippen LogP contribution in [0, 0.1) is 0 Å². The molecule has 0 saturated heterocycles. The Hall–Kier alpha value is -4.20. The van der Waals surface area contributed by atoms with Crippen molar-refractivity contribution >= 4 is 24.1 Å². The fourth-order valence-corrected chi connectivity index (χ4v) is 4.47. The largest absolute Gasteiger partial charge is 0.462 e. The number of carbonyl (C=O) groups excluding carboxylic acids is 4. The molecule has 0 saturated carbocycles. The number of hydrogen-bond acceptors (Lipinski definition) is 11. The molecule has 0 aromatic heterocycles. The predicted octanol–water partition coefficient (Wildman–Crippen LogP) is 4.99. The summed E-state index contributed by atoms with van der Waals surface area (Å²) in [5.41, 5.74) is 0.0453. The molecule has 0 N–H and O–H groups in total. The molecule has 0 spiro atoms. The Kier molecular flexibility index (Phi) is 17.0. The fourth-order valence-electron chi connectivity index (χ4n) is 4.47. The van der Waals surface area contributed by atoms with Crippen LogP contribution in [-0.4, -0.2) is 111 Å². The second-order valence-electron chi connectivity index (χ2n) is 13.1. The first-order valence-electron chi connectivity index (χ1n) is 16.1. The summed E-state index contributed by atoms with van der Waals surface area (Å²) in [5, 5.41) is 0. The van der Waals surface area contributed by atoms with Gasteiger partial charge >= 0.3 is 24.1 Å². The molecule has 2 amide bonds. The van der Waals surface area contributed by atoms with Gasteiger partial charge in [0.1, 0.15) is 50.0 Å². The molecule has 0 aliphatic heterocycles. The Morgan fingerprint density at radius 2 is 0.918 bits per heavy atom. The smallest absolute Gasteiger partial charge is 0.412 e. The highest BCUT2D eigenvalue weighted by Crippen LogP contribution is 2.18. The average Bonchev–Trinajstić information content (AvgIpc) is 3.03. The topological polar surface area (TPSA) is 139 Å². The van der Waals surface area contributed by atoms with Crippen molar-refractivity contribution in [2.45, 2.75) is 77.7 Å². The Morgan fingerprint density at radius 3 is 1.22 bits per heavy atom. The van der Waals surface area contributed by atoms with E-state index in [4.69, 9.17) is 33.2 Å². The number of amides is 2. The number of benzene rings is 2. The van der Waals surface area contributed by atoms with Crippen LogP contribution in [0.5, 0.6) is 0 Å². The summed E-state index contributed by atoms with van der Waals surface area (Å²) in [6, 6.07) is 16.4.